The summed E-state index contributed by atoms with van der Waals surface area (Å²) in [6.07, 6.45) is 4.15. The van der Waals surface area contributed by atoms with E-state index < -0.39 is 11.7 Å². The Kier molecular flexibility index (Phi) is 3.74. The molecule has 0 saturated carbocycles. The molecule has 0 fully saturated rings. The fourth-order valence-corrected chi connectivity index (χ4v) is 1.38. The first-order chi connectivity index (χ1) is 6.87. The fourth-order valence-electron chi connectivity index (χ4n) is 1.38. The molecule has 0 unspecified atom stereocenters. The quantitative estimate of drug-likeness (QED) is 0.650. The topological polar surface area (TPSA) is 58.6 Å². The van der Waals surface area contributed by atoms with Crippen molar-refractivity contribution in [2.45, 2.75) is 51.4 Å². The van der Waals surface area contributed by atoms with E-state index in [1.807, 2.05) is 20.8 Å². The molecule has 0 aromatic carbocycles. The second kappa shape index (κ2) is 4.66. The third-order valence-corrected chi connectivity index (χ3v) is 2.04. The van der Waals surface area contributed by atoms with E-state index >= 15 is 0 Å². The molecule has 0 radical (unpaired) electrons. The summed E-state index contributed by atoms with van der Waals surface area (Å²) in [5.41, 5.74) is -0.470. The number of aliphatic hydroxyl groups excluding tert-OH is 1. The summed E-state index contributed by atoms with van der Waals surface area (Å²) in [7, 11) is 0. The lowest BCUT2D eigenvalue weighted by molar-refractivity contribution is 0.0506. The Morgan fingerprint density at radius 2 is 2.07 bits per heavy atom. The van der Waals surface area contributed by atoms with Crippen LogP contribution in [0.2, 0.25) is 0 Å². The minimum absolute atomic E-state index is 0.0248. The number of aliphatic hydroxyl groups is 1. The molecule has 0 aromatic heterocycles. The summed E-state index contributed by atoms with van der Waals surface area (Å²) in [5.74, 6) is 0. The van der Waals surface area contributed by atoms with Crippen molar-refractivity contribution in [1.29, 1.82) is 0 Å². The van der Waals surface area contributed by atoms with Crippen molar-refractivity contribution in [3.8, 4) is 0 Å². The van der Waals surface area contributed by atoms with Gasteiger partial charge in [0.2, 0.25) is 0 Å². The van der Waals surface area contributed by atoms with E-state index in [4.69, 9.17) is 4.74 Å². The highest BCUT2D eigenvalue weighted by atomic mass is 16.6. The van der Waals surface area contributed by atoms with Crippen LogP contribution in [0.3, 0.4) is 0 Å². The van der Waals surface area contributed by atoms with E-state index in [0.29, 0.717) is 6.42 Å². The summed E-state index contributed by atoms with van der Waals surface area (Å²) >= 11 is 0. The zero-order valence-electron chi connectivity index (χ0n) is 9.49. The smallest absolute Gasteiger partial charge is 0.408 e. The molecule has 2 atom stereocenters. The second-order valence-electron chi connectivity index (χ2n) is 4.78. The monoisotopic (exact) mass is 213 g/mol. The molecule has 1 aliphatic carbocycles. The number of alkyl carbamates (subject to hydrolysis) is 1. The molecule has 15 heavy (non-hydrogen) atoms. The van der Waals surface area contributed by atoms with Crippen molar-refractivity contribution in [2.75, 3.05) is 0 Å². The Bertz CT molecular complexity index is 255. The summed E-state index contributed by atoms with van der Waals surface area (Å²) in [6.45, 7) is 5.48. The predicted molar refractivity (Wildman–Crippen MR) is 57.5 cm³/mol. The van der Waals surface area contributed by atoms with E-state index in [1.165, 1.54) is 0 Å². The van der Waals surface area contributed by atoms with Crippen molar-refractivity contribution >= 4 is 6.09 Å². The Morgan fingerprint density at radius 1 is 1.40 bits per heavy atom. The first-order valence-corrected chi connectivity index (χ1v) is 5.23. The third kappa shape index (κ3) is 4.83. The Morgan fingerprint density at radius 3 is 2.53 bits per heavy atom. The molecule has 86 valence electrons. The highest BCUT2D eigenvalue weighted by Crippen LogP contribution is 2.12. The van der Waals surface area contributed by atoms with E-state index in [0.717, 1.165) is 6.42 Å². The molecule has 2 N–H and O–H groups in total. The highest BCUT2D eigenvalue weighted by molar-refractivity contribution is 5.68. The number of carbonyl (C=O) groups is 1. The van der Waals surface area contributed by atoms with Crippen molar-refractivity contribution < 1.29 is 14.6 Å². The minimum Gasteiger partial charge on any atom is -0.444 e. The number of carbonyl (C=O) groups excluding carboxylic acids is 1. The van der Waals surface area contributed by atoms with E-state index in [9.17, 15) is 9.90 Å². The molecule has 0 spiro atoms. The van der Waals surface area contributed by atoms with Gasteiger partial charge in [-0.2, -0.15) is 0 Å². The number of nitrogens with one attached hydrogen (secondary N) is 1. The van der Waals surface area contributed by atoms with Gasteiger partial charge in [0.05, 0.1) is 12.1 Å². The standard InChI is InChI=1S/C11H19NO3/c1-11(2,3)15-10(14)12-8-4-6-9(13)7-5-8/h4,6,8-9,13H,5,7H2,1-3H3,(H,12,14)/t8-,9+/m1/s1. The van der Waals surface area contributed by atoms with Crippen LogP contribution in [0.4, 0.5) is 4.79 Å². The summed E-state index contributed by atoms with van der Waals surface area (Å²) in [4.78, 5) is 11.4. The lowest BCUT2D eigenvalue weighted by Crippen LogP contribution is -2.39. The van der Waals surface area contributed by atoms with Gasteiger partial charge >= 0.3 is 6.09 Å². The lowest BCUT2D eigenvalue weighted by Gasteiger charge is -2.24. The molecule has 0 saturated heterocycles. The number of rotatable bonds is 1. The highest BCUT2D eigenvalue weighted by Gasteiger charge is 2.20. The van der Waals surface area contributed by atoms with Crippen molar-refractivity contribution in [1.82, 2.24) is 5.32 Å². The average Bonchev–Trinajstić information content (AvgIpc) is 2.05. The summed E-state index contributed by atoms with van der Waals surface area (Å²) in [5, 5.41) is 12.0. The number of ether oxygens (including phenoxy) is 1. The minimum atomic E-state index is -0.470. The normalized spacial score (nSPS) is 26.1. The van der Waals surface area contributed by atoms with Crippen LogP contribution in [0.1, 0.15) is 33.6 Å². The largest absolute Gasteiger partial charge is 0.444 e. The zero-order chi connectivity index (χ0) is 11.5. The molecule has 4 heteroatoms. The molecular weight excluding hydrogens is 194 g/mol. The zero-order valence-corrected chi connectivity index (χ0v) is 9.49. The SMILES string of the molecule is CC(C)(C)OC(=O)N[C@@H]1C=C[C@H](O)CC1. The Labute approximate surface area is 90.3 Å². The first-order valence-electron chi connectivity index (χ1n) is 5.23. The summed E-state index contributed by atoms with van der Waals surface area (Å²) < 4.78 is 5.12. The van der Waals surface area contributed by atoms with E-state index in [2.05, 4.69) is 5.32 Å². The lowest BCUT2D eigenvalue weighted by atomic mass is 10.0. The van der Waals surface area contributed by atoms with Crippen LogP contribution in [-0.4, -0.2) is 28.9 Å². The van der Waals surface area contributed by atoms with Gasteiger partial charge in [0.15, 0.2) is 0 Å². The van der Waals surface area contributed by atoms with Gasteiger partial charge in [0.1, 0.15) is 5.60 Å². The van der Waals surface area contributed by atoms with Gasteiger partial charge in [0, 0.05) is 0 Å². The second-order valence-corrected chi connectivity index (χ2v) is 4.78. The maximum atomic E-state index is 11.4. The van der Waals surface area contributed by atoms with Crippen molar-refractivity contribution in [3.05, 3.63) is 12.2 Å². The molecule has 4 nitrogen and oxygen atoms in total. The van der Waals surface area contributed by atoms with Gasteiger partial charge in [-0.15, -0.1) is 0 Å². The van der Waals surface area contributed by atoms with Crippen LogP contribution in [0.25, 0.3) is 0 Å². The first kappa shape index (κ1) is 12.0. The van der Waals surface area contributed by atoms with E-state index in [-0.39, 0.29) is 12.1 Å². The van der Waals surface area contributed by atoms with Gasteiger partial charge in [-0.25, -0.2) is 4.79 Å². The maximum Gasteiger partial charge on any atom is 0.408 e. The van der Waals surface area contributed by atoms with Crippen LogP contribution < -0.4 is 5.32 Å². The Hall–Kier alpha value is -1.03. The molecule has 1 rings (SSSR count). The van der Waals surface area contributed by atoms with Gasteiger partial charge in [-0.3, -0.25) is 0 Å². The number of amides is 1. The Balaban J connectivity index is 2.36. The van der Waals surface area contributed by atoms with Crippen LogP contribution >= 0.6 is 0 Å². The van der Waals surface area contributed by atoms with Gasteiger partial charge < -0.3 is 15.2 Å². The molecule has 1 aliphatic rings. The fraction of sp³-hybridized carbons (Fsp3) is 0.727. The van der Waals surface area contributed by atoms with Gasteiger partial charge in [0.25, 0.3) is 0 Å². The van der Waals surface area contributed by atoms with Crippen LogP contribution in [-0.2, 0) is 4.74 Å². The molecular formula is C11H19NO3. The third-order valence-electron chi connectivity index (χ3n) is 2.04. The number of hydrogen-bond acceptors (Lipinski definition) is 3. The van der Waals surface area contributed by atoms with Crippen LogP contribution in [0, 0.1) is 0 Å². The van der Waals surface area contributed by atoms with Gasteiger partial charge in [-0.05, 0) is 33.6 Å². The van der Waals surface area contributed by atoms with Crippen LogP contribution in [0.5, 0.6) is 0 Å². The van der Waals surface area contributed by atoms with Crippen molar-refractivity contribution in [3.63, 3.8) is 0 Å². The van der Waals surface area contributed by atoms with Crippen LogP contribution in [0.15, 0.2) is 12.2 Å². The number of hydrogen-bond donors (Lipinski definition) is 2. The molecule has 0 aromatic rings. The molecule has 0 bridgehead atoms. The molecule has 1 amide bonds. The van der Waals surface area contributed by atoms with Gasteiger partial charge in [-0.1, -0.05) is 12.2 Å². The average molecular weight is 213 g/mol. The summed E-state index contributed by atoms with van der Waals surface area (Å²) in [6, 6.07) is -0.0248. The molecule has 0 aliphatic heterocycles. The van der Waals surface area contributed by atoms with E-state index in [1.54, 1.807) is 12.2 Å². The maximum absolute atomic E-state index is 11.4. The predicted octanol–water partition coefficient (Wildman–Crippen LogP) is 1.59. The molecule has 0 heterocycles. The van der Waals surface area contributed by atoms with Crippen molar-refractivity contribution in [2.24, 2.45) is 0 Å².